The van der Waals surface area contributed by atoms with Gasteiger partial charge in [0, 0.05) is 31.6 Å². The maximum absolute atomic E-state index is 14.4. The third-order valence-corrected chi connectivity index (χ3v) is 6.15. The standard InChI is InChI=1S/C21H22F3N3O3/c22-6-5-21(3-4-21)30-19-15(23)8-13(9-16(19)24)12-29-17-10-18-26-7-1-2-14(26)11-27(18)20(28)25-17/h8-10,14H,1-7,11-12H2. The molecule has 3 heterocycles. The van der Waals surface area contributed by atoms with Gasteiger partial charge in [0.2, 0.25) is 5.88 Å². The van der Waals surface area contributed by atoms with Crippen LogP contribution < -0.4 is 20.1 Å². The van der Waals surface area contributed by atoms with Crippen molar-refractivity contribution in [3.8, 4) is 11.6 Å². The molecule has 1 aliphatic carbocycles. The summed E-state index contributed by atoms with van der Waals surface area (Å²) >= 11 is 0. The van der Waals surface area contributed by atoms with Gasteiger partial charge in [0.25, 0.3) is 0 Å². The van der Waals surface area contributed by atoms with Crippen LogP contribution in [0.5, 0.6) is 11.6 Å². The number of nitrogens with zero attached hydrogens (tertiary/aromatic N) is 3. The number of ether oxygens (including phenoxy) is 2. The molecular formula is C21H22F3N3O3. The minimum atomic E-state index is -0.861. The fraction of sp³-hybridized carbons (Fsp3) is 0.524. The molecule has 30 heavy (non-hydrogen) atoms. The Bertz CT molecular complexity index is 1010. The Kier molecular flexibility index (Phi) is 4.63. The molecule has 1 aromatic heterocycles. The molecule has 0 amide bonds. The highest BCUT2D eigenvalue weighted by atomic mass is 19.1. The van der Waals surface area contributed by atoms with Gasteiger partial charge in [-0.2, -0.15) is 4.98 Å². The molecule has 6 nitrogen and oxygen atoms in total. The lowest BCUT2D eigenvalue weighted by molar-refractivity contribution is 0.142. The smallest absolute Gasteiger partial charge is 0.352 e. The van der Waals surface area contributed by atoms with Crippen molar-refractivity contribution in [1.82, 2.24) is 9.55 Å². The van der Waals surface area contributed by atoms with E-state index in [0.717, 1.165) is 37.3 Å². The molecule has 1 unspecified atom stereocenters. The molecule has 0 N–H and O–H groups in total. The maximum atomic E-state index is 14.4. The van der Waals surface area contributed by atoms with Crippen molar-refractivity contribution in [3.05, 3.63) is 45.9 Å². The molecule has 0 bridgehead atoms. The van der Waals surface area contributed by atoms with Crippen molar-refractivity contribution in [2.75, 3.05) is 18.1 Å². The first-order valence-corrected chi connectivity index (χ1v) is 10.2. The molecule has 1 saturated heterocycles. The summed E-state index contributed by atoms with van der Waals surface area (Å²) in [7, 11) is 0. The number of halogens is 3. The Morgan fingerprint density at radius 1 is 1.20 bits per heavy atom. The highest BCUT2D eigenvalue weighted by molar-refractivity contribution is 5.48. The lowest BCUT2D eigenvalue weighted by Gasteiger charge is -2.18. The lowest BCUT2D eigenvalue weighted by atomic mass is 10.2. The summed E-state index contributed by atoms with van der Waals surface area (Å²) in [5, 5.41) is 0. The summed E-state index contributed by atoms with van der Waals surface area (Å²) in [6.07, 6.45) is 3.40. The van der Waals surface area contributed by atoms with E-state index in [2.05, 4.69) is 9.88 Å². The minimum Gasteiger partial charge on any atom is -0.481 e. The fourth-order valence-corrected chi connectivity index (χ4v) is 4.38. The molecule has 1 atom stereocenters. The second-order valence-electron chi connectivity index (χ2n) is 8.24. The zero-order valence-corrected chi connectivity index (χ0v) is 16.4. The first-order valence-electron chi connectivity index (χ1n) is 10.2. The van der Waals surface area contributed by atoms with Crippen LogP contribution in [0.3, 0.4) is 0 Å². The molecule has 1 saturated carbocycles. The largest absolute Gasteiger partial charge is 0.481 e. The Balaban J connectivity index is 1.31. The normalized spacial score (nSPS) is 20.8. The van der Waals surface area contributed by atoms with Crippen molar-refractivity contribution in [2.45, 2.75) is 56.9 Å². The van der Waals surface area contributed by atoms with Crippen molar-refractivity contribution >= 4 is 5.82 Å². The van der Waals surface area contributed by atoms with E-state index in [1.807, 2.05) is 0 Å². The third kappa shape index (κ3) is 3.40. The van der Waals surface area contributed by atoms with Gasteiger partial charge in [-0.3, -0.25) is 8.96 Å². The first kappa shape index (κ1) is 19.3. The average Bonchev–Trinajstić information content (AvgIpc) is 3.15. The van der Waals surface area contributed by atoms with E-state index in [9.17, 15) is 18.0 Å². The van der Waals surface area contributed by atoms with Crippen molar-refractivity contribution in [2.24, 2.45) is 0 Å². The monoisotopic (exact) mass is 421 g/mol. The van der Waals surface area contributed by atoms with E-state index < -0.39 is 29.7 Å². The van der Waals surface area contributed by atoms with Gasteiger partial charge >= 0.3 is 5.69 Å². The Morgan fingerprint density at radius 2 is 1.97 bits per heavy atom. The second kappa shape index (κ2) is 7.21. The molecule has 2 aromatic rings. The third-order valence-electron chi connectivity index (χ3n) is 6.15. The summed E-state index contributed by atoms with van der Waals surface area (Å²) < 4.78 is 54.1. The number of fused-ring (bicyclic) bond motifs is 3. The number of anilines is 1. The Morgan fingerprint density at radius 3 is 2.67 bits per heavy atom. The molecular weight excluding hydrogens is 399 g/mol. The van der Waals surface area contributed by atoms with Gasteiger partial charge in [0.05, 0.1) is 6.67 Å². The number of alkyl halides is 1. The van der Waals surface area contributed by atoms with Crippen LogP contribution in [0.2, 0.25) is 0 Å². The molecule has 3 aliphatic rings. The zero-order chi connectivity index (χ0) is 20.9. The van der Waals surface area contributed by atoms with E-state index in [1.54, 1.807) is 10.6 Å². The lowest BCUT2D eigenvalue weighted by Crippen LogP contribution is -2.24. The zero-order valence-electron chi connectivity index (χ0n) is 16.4. The molecule has 5 rings (SSSR count). The Hall–Kier alpha value is -2.71. The highest BCUT2D eigenvalue weighted by Gasteiger charge is 2.46. The van der Waals surface area contributed by atoms with Gasteiger partial charge in [-0.1, -0.05) is 0 Å². The topological polar surface area (TPSA) is 56.6 Å². The predicted molar refractivity (Wildman–Crippen MR) is 103 cm³/mol. The molecule has 160 valence electrons. The summed E-state index contributed by atoms with van der Waals surface area (Å²) in [6.45, 7) is 0.767. The van der Waals surface area contributed by atoms with E-state index in [4.69, 9.17) is 9.47 Å². The van der Waals surface area contributed by atoms with Gasteiger partial charge in [0.15, 0.2) is 17.4 Å². The van der Waals surface area contributed by atoms with Crippen LogP contribution >= 0.6 is 0 Å². The van der Waals surface area contributed by atoms with Crippen molar-refractivity contribution in [1.29, 1.82) is 0 Å². The van der Waals surface area contributed by atoms with Gasteiger partial charge in [-0.25, -0.2) is 13.6 Å². The predicted octanol–water partition coefficient (Wildman–Crippen LogP) is 3.35. The van der Waals surface area contributed by atoms with Crippen molar-refractivity contribution < 1.29 is 22.6 Å². The number of aromatic nitrogens is 2. The van der Waals surface area contributed by atoms with Gasteiger partial charge < -0.3 is 14.4 Å². The van der Waals surface area contributed by atoms with Crippen LogP contribution in [0, 0.1) is 11.6 Å². The van der Waals surface area contributed by atoms with E-state index in [0.29, 0.717) is 25.4 Å². The molecule has 0 radical (unpaired) electrons. The second-order valence-corrected chi connectivity index (χ2v) is 8.24. The Labute approximate surface area is 171 Å². The average molecular weight is 421 g/mol. The molecule has 1 aromatic carbocycles. The van der Waals surface area contributed by atoms with Crippen LogP contribution in [0.15, 0.2) is 23.0 Å². The van der Waals surface area contributed by atoms with Crippen LogP contribution in [-0.4, -0.2) is 34.4 Å². The highest BCUT2D eigenvalue weighted by Crippen LogP contribution is 2.44. The first-order chi connectivity index (χ1) is 14.5. The summed E-state index contributed by atoms with van der Waals surface area (Å²) in [6, 6.07) is 4.27. The van der Waals surface area contributed by atoms with E-state index in [1.165, 1.54) is 0 Å². The number of rotatable bonds is 7. The molecule has 2 fully saturated rings. The molecule has 9 heteroatoms. The number of hydrogen-bond acceptors (Lipinski definition) is 5. The quantitative estimate of drug-likeness (QED) is 0.686. The van der Waals surface area contributed by atoms with Gasteiger partial charge in [-0.05, 0) is 43.4 Å². The van der Waals surface area contributed by atoms with Gasteiger partial charge in [0.1, 0.15) is 18.0 Å². The summed E-state index contributed by atoms with van der Waals surface area (Å²) in [5.74, 6) is -1.31. The number of benzene rings is 1. The number of hydrogen-bond donors (Lipinski definition) is 0. The van der Waals surface area contributed by atoms with Crippen LogP contribution in [-0.2, 0) is 13.2 Å². The SMILES string of the molecule is O=c1nc(OCc2cc(F)c(OC3(CCF)CC3)c(F)c2)cc2n1CC1CCCN21. The van der Waals surface area contributed by atoms with Crippen molar-refractivity contribution in [3.63, 3.8) is 0 Å². The van der Waals surface area contributed by atoms with E-state index >= 15 is 0 Å². The van der Waals surface area contributed by atoms with Crippen LogP contribution in [0.4, 0.5) is 19.0 Å². The fourth-order valence-electron chi connectivity index (χ4n) is 4.38. The minimum absolute atomic E-state index is 0.119. The summed E-state index contributed by atoms with van der Waals surface area (Å²) in [5.41, 5.74) is -0.937. The molecule has 2 aliphatic heterocycles. The molecule has 0 spiro atoms. The van der Waals surface area contributed by atoms with E-state index in [-0.39, 0.29) is 30.2 Å². The van der Waals surface area contributed by atoms with Crippen LogP contribution in [0.1, 0.15) is 37.7 Å². The summed E-state index contributed by atoms with van der Waals surface area (Å²) in [4.78, 5) is 18.4. The maximum Gasteiger partial charge on any atom is 0.352 e. The van der Waals surface area contributed by atoms with Gasteiger partial charge in [-0.15, -0.1) is 0 Å². The van der Waals surface area contributed by atoms with Crippen LogP contribution in [0.25, 0.3) is 0 Å².